The van der Waals surface area contributed by atoms with Crippen LogP contribution in [0.2, 0.25) is 0 Å². The first-order valence-corrected chi connectivity index (χ1v) is 13.2. The van der Waals surface area contributed by atoms with Crippen LogP contribution in [0.25, 0.3) is 22.2 Å². The number of rotatable bonds is 6. The van der Waals surface area contributed by atoms with Gasteiger partial charge in [0.25, 0.3) is 0 Å². The number of nitrogens with zero attached hydrogens (tertiary/aromatic N) is 7. The molecule has 3 saturated heterocycles. The number of likely N-dealkylation sites (tertiary alicyclic amines) is 2. The maximum absolute atomic E-state index is 12.1. The third-order valence-electron chi connectivity index (χ3n) is 8.40. The van der Waals surface area contributed by atoms with E-state index in [0.29, 0.717) is 42.8 Å². The predicted molar refractivity (Wildman–Crippen MR) is 144 cm³/mol. The number of ether oxygens (including phenoxy) is 1. The Bertz CT molecular complexity index is 1450. The fraction of sp³-hybridized carbons (Fsp3) is 0.464. The molecule has 38 heavy (non-hydrogen) atoms. The smallest absolute Gasteiger partial charge is 0.319 e. The van der Waals surface area contributed by atoms with Gasteiger partial charge in [-0.1, -0.05) is 12.6 Å². The molecule has 0 aliphatic carbocycles. The summed E-state index contributed by atoms with van der Waals surface area (Å²) in [4.78, 5) is 28.0. The number of aryl methyl sites for hydroxylation is 1. The maximum atomic E-state index is 12.1. The Hall–Kier alpha value is -3.97. The standard InChI is InChI=1S/C28H32N8O2/c1-4-23(37)36-16-28(17-36)9-11-35(15-28)26-20(12-29)25(24-18(2)7-8-22-21(24)13-30-33-22)31-27(32-26)38-14-19-6-5-10-34(19)3/h4,7-8,13,19H,1,5-6,9-11,14-17H2,2-3H3,(H,30,33)/t19-/m1/s1. The zero-order chi connectivity index (χ0) is 26.4. The highest BCUT2D eigenvalue weighted by Crippen LogP contribution is 2.43. The van der Waals surface area contributed by atoms with E-state index in [1.165, 1.54) is 6.08 Å². The number of carbonyl (C=O) groups excluding carboxylic acids is 1. The molecule has 0 saturated carbocycles. The molecule has 6 rings (SSSR count). The summed E-state index contributed by atoms with van der Waals surface area (Å²) in [5.41, 5.74) is 3.74. The molecule has 3 aliphatic rings. The number of aromatic amines is 1. The van der Waals surface area contributed by atoms with E-state index >= 15 is 0 Å². The van der Waals surface area contributed by atoms with E-state index in [1.807, 2.05) is 24.0 Å². The second kappa shape index (κ2) is 9.40. The Morgan fingerprint density at radius 2 is 2.16 bits per heavy atom. The third kappa shape index (κ3) is 4.07. The van der Waals surface area contributed by atoms with E-state index < -0.39 is 0 Å². The highest BCUT2D eigenvalue weighted by molar-refractivity contribution is 5.97. The Labute approximate surface area is 221 Å². The summed E-state index contributed by atoms with van der Waals surface area (Å²) in [5.74, 6) is 0.560. The number of fused-ring (bicyclic) bond motifs is 1. The predicted octanol–water partition coefficient (Wildman–Crippen LogP) is 2.90. The molecular weight excluding hydrogens is 480 g/mol. The van der Waals surface area contributed by atoms with E-state index in [1.54, 1.807) is 6.20 Å². The molecule has 3 aliphatic heterocycles. The van der Waals surface area contributed by atoms with Gasteiger partial charge in [-0.3, -0.25) is 9.89 Å². The molecule has 1 N–H and O–H groups in total. The second-order valence-electron chi connectivity index (χ2n) is 10.9. The monoisotopic (exact) mass is 512 g/mol. The van der Waals surface area contributed by atoms with E-state index in [0.717, 1.165) is 60.9 Å². The lowest BCUT2D eigenvalue weighted by Crippen LogP contribution is -2.59. The topological polar surface area (TPSA) is 114 Å². The number of anilines is 1. The van der Waals surface area contributed by atoms with Gasteiger partial charge >= 0.3 is 6.01 Å². The van der Waals surface area contributed by atoms with Crippen molar-refractivity contribution in [3.8, 4) is 23.3 Å². The van der Waals surface area contributed by atoms with E-state index in [9.17, 15) is 10.1 Å². The van der Waals surface area contributed by atoms with Gasteiger partial charge in [0.1, 0.15) is 18.2 Å². The molecule has 1 spiro atoms. The van der Waals surface area contributed by atoms with Gasteiger partial charge in [0, 0.05) is 48.6 Å². The van der Waals surface area contributed by atoms with Crippen LogP contribution in [0.15, 0.2) is 31.0 Å². The van der Waals surface area contributed by atoms with Crippen LogP contribution in [0.4, 0.5) is 5.82 Å². The van der Waals surface area contributed by atoms with E-state index in [-0.39, 0.29) is 17.3 Å². The minimum atomic E-state index is -0.0349. The van der Waals surface area contributed by atoms with Crippen molar-refractivity contribution in [2.45, 2.75) is 32.2 Å². The fourth-order valence-corrected chi connectivity index (χ4v) is 6.23. The molecule has 1 amide bonds. The van der Waals surface area contributed by atoms with Gasteiger partial charge in [0.05, 0.1) is 17.4 Å². The van der Waals surface area contributed by atoms with E-state index in [2.05, 4.69) is 39.7 Å². The lowest BCUT2D eigenvalue weighted by Gasteiger charge is -2.47. The largest absolute Gasteiger partial charge is 0.462 e. The average Bonchev–Trinajstić information content (AvgIpc) is 3.65. The summed E-state index contributed by atoms with van der Waals surface area (Å²) in [6.45, 7) is 10.0. The summed E-state index contributed by atoms with van der Waals surface area (Å²) in [7, 11) is 2.11. The second-order valence-corrected chi connectivity index (χ2v) is 10.9. The number of hydrogen-bond donors (Lipinski definition) is 1. The first-order valence-electron chi connectivity index (χ1n) is 13.2. The molecule has 0 unspecified atom stereocenters. The van der Waals surface area contributed by atoms with Crippen LogP contribution >= 0.6 is 0 Å². The lowest BCUT2D eigenvalue weighted by molar-refractivity contribution is -0.136. The molecule has 1 atom stereocenters. The first kappa shape index (κ1) is 24.4. The van der Waals surface area contributed by atoms with Crippen molar-refractivity contribution >= 4 is 22.6 Å². The molecule has 3 aromatic rings. The average molecular weight is 513 g/mol. The number of aromatic nitrogens is 4. The number of benzene rings is 1. The van der Waals surface area contributed by atoms with Crippen molar-refractivity contribution in [2.24, 2.45) is 5.41 Å². The minimum Gasteiger partial charge on any atom is -0.462 e. The lowest BCUT2D eigenvalue weighted by atomic mass is 9.79. The zero-order valence-electron chi connectivity index (χ0n) is 21.9. The van der Waals surface area contributed by atoms with Gasteiger partial charge in [-0.2, -0.15) is 20.3 Å². The van der Waals surface area contributed by atoms with Crippen molar-refractivity contribution < 1.29 is 9.53 Å². The van der Waals surface area contributed by atoms with Crippen molar-refractivity contribution in [2.75, 3.05) is 51.3 Å². The fourth-order valence-electron chi connectivity index (χ4n) is 6.23. The quantitative estimate of drug-likeness (QED) is 0.502. The highest BCUT2D eigenvalue weighted by Gasteiger charge is 2.49. The number of carbonyl (C=O) groups is 1. The summed E-state index contributed by atoms with van der Waals surface area (Å²) in [6.07, 6.45) is 6.30. The molecule has 2 aromatic heterocycles. The molecule has 10 heteroatoms. The molecule has 3 fully saturated rings. The Kier molecular flexibility index (Phi) is 6.03. The third-order valence-corrected chi connectivity index (χ3v) is 8.40. The number of H-pyrrole nitrogens is 1. The van der Waals surface area contributed by atoms with E-state index in [4.69, 9.17) is 14.7 Å². The molecule has 196 valence electrons. The van der Waals surface area contributed by atoms with Gasteiger partial charge in [-0.25, -0.2) is 0 Å². The molecule has 10 nitrogen and oxygen atoms in total. The van der Waals surface area contributed by atoms with Crippen LogP contribution < -0.4 is 9.64 Å². The molecule has 5 heterocycles. The summed E-state index contributed by atoms with van der Waals surface area (Å²) in [6, 6.07) is 7.02. The van der Waals surface area contributed by atoms with Crippen molar-refractivity contribution in [1.82, 2.24) is 30.0 Å². The number of nitrogens with one attached hydrogen (secondary N) is 1. The van der Waals surface area contributed by atoms with Crippen molar-refractivity contribution in [3.63, 3.8) is 0 Å². The molecule has 1 aromatic carbocycles. The summed E-state index contributed by atoms with van der Waals surface area (Å²) < 4.78 is 6.22. The van der Waals surface area contributed by atoms with Gasteiger partial charge in [0.2, 0.25) is 5.91 Å². The summed E-state index contributed by atoms with van der Waals surface area (Å²) >= 11 is 0. The SMILES string of the molecule is C=CC(=O)N1CC2(CCN(c3nc(OC[C@H]4CCCN4C)nc(-c4c(C)ccc5[nH]ncc45)c3C#N)C2)C1. The Morgan fingerprint density at radius 1 is 1.32 bits per heavy atom. The summed E-state index contributed by atoms with van der Waals surface area (Å²) in [5, 5.41) is 18.6. The maximum Gasteiger partial charge on any atom is 0.319 e. The van der Waals surface area contributed by atoms with Gasteiger partial charge in [-0.05, 0) is 57.5 Å². The Balaban J connectivity index is 1.39. The van der Waals surface area contributed by atoms with Crippen LogP contribution in [0.3, 0.4) is 0 Å². The van der Waals surface area contributed by atoms with Gasteiger partial charge in [0.15, 0.2) is 5.82 Å². The Morgan fingerprint density at radius 3 is 2.89 bits per heavy atom. The molecule has 0 bridgehead atoms. The van der Waals surface area contributed by atoms with Gasteiger partial charge < -0.3 is 19.4 Å². The zero-order valence-corrected chi connectivity index (χ0v) is 21.9. The van der Waals surface area contributed by atoms with Crippen LogP contribution in [-0.4, -0.2) is 88.3 Å². The molecular formula is C28H32N8O2. The first-order chi connectivity index (χ1) is 18.4. The van der Waals surface area contributed by atoms with Crippen LogP contribution in [0.5, 0.6) is 6.01 Å². The molecule has 0 radical (unpaired) electrons. The van der Waals surface area contributed by atoms with Crippen LogP contribution in [0.1, 0.15) is 30.4 Å². The minimum absolute atomic E-state index is 0.00454. The number of amides is 1. The number of hydrogen-bond acceptors (Lipinski definition) is 8. The highest BCUT2D eigenvalue weighted by atomic mass is 16.5. The van der Waals surface area contributed by atoms with Crippen LogP contribution in [-0.2, 0) is 4.79 Å². The van der Waals surface area contributed by atoms with Crippen LogP contribution in [0, 0.1) is 23.7 Å². The normalized spacial score (nSPS) is 20.6. The number of likely N-dealkylation sites (N-methyl/N-ethyl adjacent to an activating group) is 1. The van der Waals surface area contributed by atoms with Gasteiger partial charge in [-0.15, -0.1) is 0 Å². The van der Waals surface area contributed by atoms with Crippen molar-refractivity contribution in [1.29, 1.82) is 5.26 Å². The van der Waals surface area contributed by atoms with Crippen molar-refractivity contribution in [3.05, 3.63) is 42.1 Å². The number of nitriles is 1.